The van der Waals surface area contributed by atoms with Crippen LogP contribution in [0.15, 0.2) is 81.6 Å². The number of carbonyl (C=O) groups is 1. The number of carbonyl (C=O) groups excluding carboxylic acids is 1. The molecule has 3 nitrogen and oxygen atoms in total. The van der Waals surface area contributed by atoms with E-state index in [0.717, 1.165) is 11.1 Å². The number of benzene rings is 2. The van der Waals surface area contributed by atoms with E-state index in [1.807, 2.05) is 48.5 Å². The molecular formula is C23H16Cl2O3. The van der Waals surface area contributed by atoms with E-state index >= 15 is 0 Å². The summed E-state index contributed by atoms with van der Waals surface area (Å²) in [5.41, 5.74) is 1.84. The van der Waals surface area contributed by atoms with Gasteiger partial charge >= 0.3 is 0 Å². The monoisotopic (exact) mass is 410 g/mol. The second-order valence-corrected chi connectivity index (χ2v) is 7.31. The molecule has 0 aliphatic carbocycles. The molecule has 2 heterocycles. The molecule has 0 fully saturated rings. The summed E-state index contributed by atoms with van der Waals surface area (Å²) in [4.78, 5) is 12.4. The van der Waals surface area contributed by atoms with Crippen LogP contribution in [0.4, 0.5) is 0 Å². The van der Waals surface area contributed by atoms with E-state index in [1.165, 1.54) is 0 Å². The van der Waals surface area contributed by atoms with Crippen molar-refractivity contribution in [3.05, 3.63) is 94.4 Å². The van der Waals surface area contributed by atoms with Crippen molar-refractivity contribution in [2.24, 2.45) is 0 Å². The van der Waals surface area contributed by atoms with Gasteiger partial charge in [0.15, 0.2) is 0 Å². The Morgan fingerprint density at radius 1 is 0.607 bits per heavy atom. The molecule has 0 amide bonds. The zero-order valence-corrected chi connectivity index (χ0v) is 16.3. The minimum absolute atomic E-state index is 0.0222. The van der Waals surface area contributed by atoms with Gasteiger partial charge in [0, 0.05) is 21.2 Å². The van der Waals surface area contributed by atoms with Crippen molar-refractivity contribution in [3.8, 4) is 22.6 Å². The molecule has 0 bridgehead atoms. The first-order valence-corrected chi connectivity index (χ1v) is 9.53. The number of hydrogen-bond donors (Lipinski definition) is 0. The van der Waals surface area contributed by atoms with Crippen LogP contribution < -0.4 is 0 Å². The van der Waals surface area contributed by atoms with Gasteiger partial charge in [-0.1, -0.05) is 23.2 Å². The zero-order chi connectivity index (χ0) is 19.5. The lowest BCUT2D eigenvalue weighted by Gasteiger charge is -1.99. The molecule has 0 spiro atoms. The second kappa shape index (κ2) is 8.09. The highest BCUT2D eigenvalue weighted by atomic mass is 35.5. The molecule has 0 unspecified atom stereocenters. The van der Waals surface area contributed by atoms with Crippen LogP contribution in [0.1, 0.15) is 11.5 Å². The van der Waals surface area contributed by atoms with Gasteiger partial charge < -0.3 is 8.83 Å². The van der Waals surface area contributed by atoms with Gasteiger partial charge in [0.2, 0.25) is 0 Å². The van der Waals surface area contributed by atoms with Crippen molar-refractivity contribution in [1.82, 2.24) is 0 Å². The Kier molecular flexibility index (Phi) is 5.38. The van der Waals surface area contributed by atoms with Crippen molar-refractivity contribution >= 4 is 29.0 Å². The molecule has 2 aromatic carbocycles. The molecule has 0 N–H and O–H groups in total. The molecular weight excluding hydrogens is 395 g/mol. The van der Waals surface area contributed by atoms with Gasteiger partial charge in [0.25, 0.3) is 0 Å². The maximum atomic E-state index is 12.4. The van der Waals surface area contributed by atoms with Crippen LogP contribution >= 0.6 is 23.2 Å². The molecule has 0 aliphatic rings. The molecule has 2 aromatic heterocycles. The highest BCUT2D eigenvalue weighted by molar-refractivity contribution is 6.30. The summed E-state index contributed by atoms with van der Waals surface area (Å²) in [6, 6.07) is 22.1. The Hall–Kier alpha value is -2.75. The van der Waals surface area contributed by atoms with E-state index in [2.05, 4.69) is 0 Å². The fourth-order valence-corrected chi connectivity index (χ4v) is 3.19. The molecule has 5 heteroatoms. The molecule has 4 aromatic rings. The second-order valence-electron chi connectivity index (χ2n) is 6.44. The Morgan fingerprint density at radius 3 is 1.39 bits per heavy atom. The maximum Gasteiger partial charge on any atom is 0.147 e. The topological polar surface area (TPSA) is 43.4 Å². The standard InChI is InChI=1S/C23H16Cl2O3/c24-17-5-1-15(2-6-17)22-11-9-20(27-22)13-19(26)14-21-10-12-23(28-21)16-3-7-18(25)8-4-16/h1-12H,13-14H2. The fourth-order valence-electron chi connectivity index (χ4n) is 2.94. The van der Waals surface area contributed by atoms with Crippen LogP contribution in [-0.2, 0) is 17.6 Å². The molecule has 0 aliphatic heterocycles. The Bertz CT molecular complexity index is 1000. The lowest BCUT2D eigenvalue weighted by atomic mass is 10.1. The minimum Gasteiger partial charge on any atom is -0.461 e. The SMILES string of the molecule is O=C(Cc1ccc(-c2ccc(Cl)cc2)o1)Cc1ccc(-c2ccc(Cl)cc2)o1. The normalized spacial score (nSPS) is 10.9. The number of Topliss-reactive ketones (excluding diaryl/α,β-unsaturated/α-hetero) is 1. The van der Waals surface area contributed by atoms with Gasteiger partial charge in [-0.2, -0.15) is 0 Å². The zero-order valence-electron chi connectivity index (χ0n) is 14.8. The number of hydrogen-bond acceptors (Lipinski definition) is 3. The van der Waals surface area contributed by atoms with Crippen molar-refractivity contribution < 1.29 is 13.6 Å². The third-order valence-electron chi connectivity index (χ3n) is 4.32. The van der Waals surface area contributed by atoms with Crippen LogP contribution in [0.3, 0.4) is 0 Å². The molecule has 0 atom stereocenters. The summed E-state index contributed by atoms with van der Waals surface area (Å²) >= 11 is 11.8. The molecule has 0 saturated heterocycles. The minimum atomic E-state index is 0.0222. The van der Waals surface area contributed by atoms with Gasteiger partial charge in [-0.25, -0.2) is 0 Å². The smallest absolute Gasteiger partial charge is 0.147 e. The number of furan rings is 2. The first-order chi connectivity index (χ1) is 13.6. The van der Waals surface area contributed by atoms with Crippen molar-refractivity contribution in [2.75, 3.05) is 0 Å². The quantitative estimate of drug-likeness (QED) is 0.348. The van der Waals surface area contributed by atoms with E-state index in [9.17, 15) is 4.79 Å². The van der Waals surface area contributed by atoms with E-state index < -0.39 is 0 Å². The van der Waals surface area contributed by atoms with Gasteiger partial charge in [0.05, 0.1) is 12.8 Å². The largest absolute Gasteiger partial charge is 0.461 e. The van der Waals surface area contributed by atoms with E-state index in [4.69, 9.17) is 32.0 Å². The van der Waals surface area contributed by atoms with Gasteiger partial charge in [-0.05, 0) is 72.8 Å². The molecule has 0 saturated carbocycles. The summed E-state index contributed by atoms with van der Waals surface area (Å²) in [7, 11) is 0. The van der Waals surface area contributed by atoms with Gasteiger partial charge in [0.1, 0.15) is 28.8 Å². The molecule has 0 radical (unpaired) electrons. The number of halogens is 2. The molecule has 140 valence electrons. The van der Waals surface area contributed by atoms with Crippen LogP contribution in [0.5, 0.6) is 0 Å². The third-order valence-corrected chi connectivity index (χ3v) is 4.83. The summed E-state index contributed by atoms with van der Waals surface area (Å²) < 4.78 is 11.6. The van der Waals surface area contributed by atoms with Crippen LogP contribution in [0.2, 0.25) is 10.0 Å². The lowest BCUT2D eigenvalue weighted by molar-refractivity contribution is -0.118. The van der Waals surface area contributed by atoms with Crippen molar-refractivity contribution in [1.29, 1.82) is 0 Å². The van der Waals surface area contributed by atoms with Crippen LogP contribution in [-0.4, -0.2) is 5.78 Å². The Morgan fingerprint density at radius 2 is 1.00 bits per heavy atom. The number of rotatable bonds is 6. The van der Waals surface area contributed by atoms with E-state index in [-0.39, 0.29) is 18.6 Å². The highest BCUT2D eigenvalue weighted by Crippen LogP contribution is 2.26. The number of ketones is 1. The van der Waals surface area contributed by atoms with E-state index in [0.29, 0.717) is 33.1 Å². The average Bonchev–Trinajstić information content (AvgIpc) is 3.33. The molecule has 28 heavy (non-hydrogen) atoms. The third kappa shape index (κ3) is 4.38. The predicted octanol–water partition coefficient (Wildman–Crippen LogP) is 6.87. The van der Waals surface area contributed by atoms with Gasteiger partial charge in [-0.15, -0.1) is 0 Å². The first kappa shape index (κ1) is 18.6. The predicted molar refractivity (Wildman–Crippen MR) is 111 cm³/mol. The summed E-state index contributed by atoms with van der Waals surface area (Å²) in [6.45, 7) is 0. The van der Waals surface area contributed by atoms with Crippen LogP contribution in [0, 0.1) is 0 Å². The summed E-state index contributed by atoms with van der Waals surface area (Å²) in [5, 5.41) is 1.34. The van der Waals surface area contributed by atoms with Crippen LogP contribution in [0.25, 0.3) is 22.6 Å². The lowest BCUT2D eigenvalue weighted by Crippen LogP contribution is -2.05. The van der Waals surface area contributed by atoms with Gasteiger partial charge in [-0.3, -0.25) is 4.79 Å². The Labute approximate surface area is 172 Å². The van der Waals surface area contributed by atoms with E-state index in [1.54, 1.807) is 24.3 Å². The fraction of sp³-hybridized carbons (Fsp3) is 0.0870. The highest BCUT2D eigenvalue weighted by Gasteiger charge is 2.13. The van der Waals surface area contributed by atoms with Crippen molar-refractivity contribution in [3.63, 3.8) is 0 Å². The maximum absolute atomic E-state index is 12.4. The first-order valence-electron chi connectivity index (χ1n) is 8.78. The Balaban J connectivity index is 1.40. The average molecular weight is 411 g/mol. The molecule has 4 rings (SSSR count). The van der Waals surface area contributed by atoms with Crippen molar-refractivity contribution in [2.45, 2.75) is 12.8 Å². The summed E-state index contributed by atoms with van der Waals surface area (Å²) in [6.07, 6.45) is 0.426. The summed E-state index contributed by atoms with van der Waals surface area (Å²) in [5.74, 6) is 2.69.